The summed E-state index contributed by atoms with van der Waals surface area (Å²) in [5.41, 5.74) is 1.48. The molecule has 1 aliphatic rings. The van der Waals surface area contributed by atoms with E-state index in [1.54, 1.807) is 19.1 Å². The van der Waals surface area contributed by atoms with E-state index in [1.165, 1.54) is 6.07 Å². The quantitative estimate of drug-likeness (QED) is 0.431. The van der Waals surface area contributed by atoms with Crippen LogP contribution in [0.25, 0.3) is 0 Å². The summed E-state index contributed by atoms with van der Waals surface area (Å²) in [5, 5.41) is 17.4. The van der Waals surface area contributed by atoms with Crippen molar-refractivity contribution in [3.8, 4) is 11.5 Å². The molecule has 164 valence electrons. The molecule has 0 unspecified atom stereocenters. The largest absolute Gasteiger partial charge is 0.486 e. The van der Waals surface area contributed by atoms with E-state index in [9.17, 15) is 14.9 Å². The number of nitro benzene ring substituents is 1. The minimum absolute atomic E-state index is 0.147. The number of carbonyl (C=O) groups is 1. The lowest BCUT2D eigenvalue weighted by Crippen LogP contribution is -2.42. The minimum Gasteiger partial charge on any atom is -0.486 e. The Balaban J connectivity index is 1.50. The molecule has 0 aliphatic carbocycles. The molecule has 1 amide bonds. The fourth-order valence-corrected chi connectivity index (χ4v) is 3.52. The molecular weight excluding hydrogens is 410 g/mol. The SMILES string of the molecule is Cc1ccc(NC(=O)[C@H](NC[C@H]2COc3ccccc3O2)c2ccccc2)c([N+](=O)[O-])c1. The highest BCUT2D eigenvalue weighted by Crippen LogP contribution is 2.31. The maximum Gasteiger partial charge on any atom is 0.293 e. The molecular formula is C24H23N3O5. The van der Waals surface area contributed by atoms with E-state index in [0.717, 1.165) is 11.1 Å². The Hall–Kier alpha value is -3.91. The zero-order chi connectivity index (χ0) is 22.5. The van der Waals surface area contributed by atoms with E-state index >= 15 is 0 Å². The van der Waals surface area contributed by atoms with Crippen molar-refractivity contribution in [3.05, 3.63) is 94.0 Å². The molecule has 0 spiro atoms. The topological polar surface area (TPSA) is 103 Å². The number of nitrogens with zero attached hydrogens (tertiary/aromatic N) is 1. The van der Waals surface area contributed by atoms with Gasteiger partial charge in [0.05, 0.1) is 4.92 Å². The molecule has 3 aromatic carbocycles. The van der Waals surface area contributed by atoms with Gasteiger partial charge in [-0.3, -0.25) is 20.2 Å². The van der Waals surface area contributed by atoms with E-state index in [4.69, 9.17) is 9.47 Å². The first-order valence-electron chi connectivity index (χ1n) is 10.2. The summed E-state index contributed by atoms with van der Waals surface area (Å²) < 4.78 is 11.7. The number of para-hydroxylation sites is 2. The van der Waals surface area contributed by atoms with Gasteiger partial charge in [-0.2, -0.15) is 0 Å². The molecule has 1 aliphatic heterocycles. The number of nitrogens with one attached hydrogen (secondary N) is 2. The normalized spacial score (nSPS) is 15.6. The summed E-state index contributed by atoms with van der Waals surface area (Å²) in [6, 6.07) is 20.6. The van der Waals surface area contributed by atoms with Crippen LogP contribution in [0.1, 0.15) is 17.2 Å². The van der Waals surface area contributed by atoms with Gasteiger partial charge in [0, 0.05) is 12.6 Å². The van der Waals surface area contributed by atoms with Crippen LogP contribution in [0, 0.1) is 17.0 Å². The summed E-state index contributed by atoms with van der Waals surface area (Å²) in [4.78, 5) is 24.1. The van der Waals surface area contributed by atoms with Gasteiger partial charge in [-0.05, 0) is 36.2 Å². The van der Waals surface area contributed by atoms with Crippen molar-refractivity contribution in [3.63, 3.8) is 0 Å². The number of amides is 1. The molecule has 8 nitrogen and oxygen atoms in total. The number of rotatable bonds is 7. The van der Waals surface area contributed by atoms with Gasteiger partial charge in [-0.25, -0.2) is 0 Å². The molecule has 0 saturated heterocycles. The molecule has 3 aromatic rings. The van der Waals surface area contributed by atoms with Crippen LogP contribution in [0.15, 0.2) is 72.8 Å². The zero-order valence-corrected chi connectivity index (χ0v) is 17.5. The summed E-state index contributed by atoms with van der Waals surface area (Å²) in [6.07, 6.45) is -0.294. The standard InChI is InChI=1S/C24H23N3O5/c1-16-11-12-19(20(13-16)27(29)30)26-24(28)23(17-7-3-2-4-8-17)25-14-18-15-31-21-9-5-6-10-22(21)32-18/h2-13,18,23,25H,14-15H2,1H3,(H,26,28)/t18-,23+/m0/s1. The molecule has 1 heterocycles. The average molecular weight is 433 g/mol. The number of ether oxygens (including phenoxy) is 2. The van der Waals surface area contributed by atoms with E-state index in [1.807, 2.05) is 54.6 Å². The summed E-state index contributed by atoms with van der Waals surface area (Å²) in [5.74, 6) is 0.939. The number of anilines is 1. The van der Waals surface area contributed by atoms with Crippen LogP contribution in [0.2, 0.25) is 0 Å². The van der Waals surface area contributed by atoms with Gasteiger partial charge < -0.3 is 14.8 Å². The highest BCUT2D eigenvalue weighted by molar-refractivity contribution is 5.97. The Morgan fingerprint density at radius 2 is 1.81 bits per heavy atom. The second-order valence-corrected chi connectivity index (χ2v) is 7.52. The third-order valence-corrected chi connectivity index (χ3v) is 5.12. The van der Waals surface area contributed by atoms with Crippen molar-refractivity contribution in [2.75, 3.05) is 18.5 Å². The third-order valence-electron chi connectivity index (χ3n) is 5.12. The molecule has 2 N–H and O–H groups in total. The van der Waals surface area contributed by atoms with Crippen LogP contribution in [0.5, 0.6) is 11.5 Å². The van der Waals surface area contributed by atoms with Crippen molar-refractivity contribution in [2.45, 2.75) is 19.1 Å². The van der Waals surface area contributed by atoms with Gasteiger partial charge in [0.25, 0.3) is 5.69 Å². The Morgan fingerprint density at radius 3 is 2.56 bits per heavy atom. The fourth-order valence-electron chi connectivity index (χ4n) is 3.52. The molecule has 0 fully saturated rings. The highest BCUT2D eigenvalue weighted by atomic mass is 16.6. The molecule has 0 aromatic heterocycles. The Morgan fingerprint density at radius 1 is 1.09 bits per heavy atom. The van der Waals surface area contributed by atoms with E-state index in [-0.39, 0.29) is 17.5 Å². The average Bonchev–Trinajstić information content (AvgIpc) is 2.81. The number of carbonyl (C=O) groups excluding carboxylic acids is 1. The lowest BCUT2D eigenvalue weighted by molar-refractivity contribution is -0.384. The minimum atomic E-state index is -0.738. The summed E-state index contributed by atoms with van der Waals surface area (Å²) >= 11 is 0. The second-order valence-electron chi connectivity index (χ2n) is 7.52. The molecule has 4 rings (SSSR count). The predicted octanol–water partition coefficient (Wildman–Crippen LogP) is 4.01. The highest BCUT2D eigenvalue weighted by Gasteiger charge is 2.27. The second kappa shape index (κ2) is 9.49. The van der Waals surface area contributed by atoms with Gasteiger partial charge >= 0.3 is 0 Å². The van der Waals surface area contributed by atoms with Crippen LogP contribution in [0.3, 0.4) is 0 Å². The zero-order valence-electron chi connectivity index (χ0n) is 17.5. The number of benzene rings is 3. The van der Waals surface area contributed by atoms with Gasteiger partial charge in [-0.15, -0.1) is 0 Å². The van der Waals surface area contributed by atoms with Crippen LogP contribution >= 0.6 is 0 Å². The fraction of sp³-hybridized carbons (Fsp3) is 0.208. The number of aryl methyl sites for hydroxylation is 1. The molecule has 0 bridgehead atoms. The van der Waals surface area contributed by atoms with E-state index < -0.39 is 16.9 Å². The molecule has 2 atom stereocenters. The Kier molecular flexibility index (Phi) is 6.32. The van der Waals surface area contributed by atoms with Crippen LogP contribution in [-0.4, -0.2) is 30.1 Å². The number of hydrogen-bond acceptors (Lipinski definition) is 6. The van der Waals surface area contributed by atoms with Gasteiger partial charge in [0.1, 0.15) is 24.4 Å². The first kappa shape index (κ1) is 21.3. The van der Waals surface area contributed by atoms with Gasteiger partial charge in [0.15, 0.2) is 11.5 Å². The maximum atomic E-state index is 13.2. The molecule has 0 radical (unpaired) electrons. The number of hydrogen-bond donors (Lipinski definition) is 2. The first-order valence-corrected chi connectivity index (χ1v) is 10.2. The molecule has 8 heteroatoms. The summed E-state index contributed by atoms with van der Waals surface area (Å²) in [6.45, 7) is 2.45. The van der Waals surface area contributed by atoms with Crippen LogP contribution < -0.4 is 20.1 Å². The lowest BCUT2D eigenvalue weighted by Gasteiger charge is -2.28. The van der Waals surface area contributed by atoms with Crippen LogP contribution in [-0.2, 0) is 4.79 Å². The van der Waals surface area contributed by atoms with Crippen LogP contribution in [0.4, 0.5) is 11.4 Å². The predicted molar refractivity (Wildman–Crippen MR) is 120 cm³/mol. The van der Waals surface area contributed by atoms with Crippen molar-refractivity contribution in [1.82, 2.24) is 5.32 Å². The first-order chi connectivity index (χ1) is 15.5. The number of fused-ring (bicyclic) bond motifs is 1. The maximum absolute atomic E-state index is 13.2. The monoisotopic (exact) mass is 433 g/mol. The Bertz CT molecular complexity index is 1120. The van der Waals surface area contributed by atoms with Crippen molar-refractivity contribution in [1.29, 1.82) is 0 Å². The van der Waals surface area contributed by atoms with Gasteiger partial charge in [0.2, 0.25) is 5.91 Å². The summed E-state index contributed by atoms with van der Waals surface area (Å²) in [7, 11) is 0. The van der Waals surface area contributed by atoms with Crippen molar-refractivity contribution in [2.24, 2.45) is 0 Å². The number of nitro groups is 1. The third kappa shape index (κ3) is 4.87. The Labute approximate surface area is 185 Å². The lowest BCUT2D eigenvalue weighted by atomic mass is 10.1. The smallest absolute Gasteiger partial charge is 0.293 e. The van der Waals surface area contributed by atoms with Gasteiger partial charge in [-0.1, -0.05) is 48.5 Å². The van der Waals surface area contributed by atoms with Crippen molar-refractivity contribution >= 4 is 17.3 Å². The van der Waals surface area contributed by atoms with Crippen molar-refractivity contribution < 1.29 is 19.2 Å². The molecule has 32 heavy (non-hydrogen) atoms. The molecule has 0 saturated carbocycles. The van der Waals surface area contributed by atoms with E-state index in [0.29, 0.717) is 24.7 Å². The van der Waals surface area contributed by atoms with E-state index in [2.05, 4.69) is 10.6 Å².